The molecule has 36 heavy (non-hydrogen) atoms. The number of aryl methyl sites for hydroxylation is 1. The Balaban J connectivity index is 1.57. The number of H-pyrrole nitrogens is 1. The second-order valence-electron chi connectivity index (χ2n) is 9.79. The summed E-state index contributed by atoms with van der Waals surface area (Å²) in [6, 6.07) is 4.33. The van der Waals surface area contributed by atoms with Gasteiger partial charge in [0.05, 0.1) is 48.1 Å². The topological polar surface area (TPSA) is 106 Å². The number of anilines is 1. The number of aromatic nitrogens is 6. The van der Waals surface area contributed by atoms with E-state index >= 15 is 0 Å². The van der Waals surface area contributed by atoms with E-state index in [2.05, 4.69) is 38.7 Å². The lowest BCUT2D eigenvalue weighted by molar-refractivity contribution is 0.0983. The van der Waals surface area contributed by atoms with Crippen molar-refractivity contribution in [3.63, 3.8) is 0 Å². The van der Waals surface area contributed by atoms with Gasteiger partial charge in [0.25, 0.3) is 5.56 Å². The van der Waals surface area contributed by atoms with E-state index in [-0.39, 0.29) is 11.6 Å². The van der Waals surface area contributed by atoms with Crippen molar-refractivity contribution in [1.82, 2.24) is 34.6 Å². The lowest BCUT2D eigenvalue weighted by atomic mass is 10.1. The largest absolute Gasteiger partial charge is 0.377 e. The molecule has 2 saturated heterocycles. The highest BCUT2D eigenvalue weighted by atomic mass is 16.5. The fourth-order valence-corrected chi connectivity index (χ4v) is 5.60. The average molecular weight is 489 g/mol. The molecule has 0 spiro atoms. The molecule has 2 N–H and O–H groups in total. The molecule has 0 saturated carbocycles. The minimum absolute atomic E-state index is 0.0482. The number of rotatable bonds is 4. The maximum absolute atomic E-state index is 14.1. The number of aromatic amines is 1. The third-order valence-corrected chi connectivity index (χ3v) is 7.45. The van der Waals surface area contributed by atoms with Crippen LogP contribution in [0.15, 0.2) is 35.5 Å². The van der Waals surface area contributed by atoms with Crippen molar-refractivity contribution in [2.75, 3.05) is 37.7 Å². The van der Waals surface area contributed by atoms with E-state index in [1.165, 1.54) is 0 Å². The van der Waals surface area contributed by atoms with Gasteiger partial charge in [-0.15, -0.1) is 0 Å². The fourth-order valence-electron chi connectivity index (χ4n) is 5.60. The van der Waals surface area contributed by atoms with Crippen LogP contribution < -0.4 is 15.8 Å². The van der Waals surface area contributed by atoms with Crippen molar-refractivity contribution in [2.45, 2.75) is 45.7 Å². The lowest BCUT2D eigenvalue weighted by Gasteiger charge is -2.34. The summed E-state index contributed by atoms with van der Waals surface area (Å²) in [6.07, 6.45) is 7.56. The number of nitrogens with zero attached hydrogens (tertiary/aromatic N) is 6. The smallest absolute Gasteiger partial charge is 0.298 e. The summed E-state index contributed by atoms with van der Waals surface area (Å²) < 4.78 is 9.52. The Morgan fingerprint density at radius 1 is 1.17 bits per heavy atom. The molecular formula is C26H32N8O2. The van der Waals surface area contributed by atoms with Gasteiger partial charge in [-0.2, -0.15) is 5.10 Å². The minimum Gasteiger partial charge on any atom is -0.377 e. The van der Waals surface area contributed by atoms with Crippen LogP contribution in [0.1, 0.15) is 37.2 Å². The molecule has 0 radical (unpaired) electrons. The third kappa shape index (κ3) is 3.81. The molecule has 6 rings (SSSR count). The maximum atomic E-state index is 14.1. The standard InChI is InChI=1S/C26H32N8O2/c1-16-15-36-13-12-32(16)25-26(35)33(14-22(30-25)20-6-10-28-24-21(20)7-11-29-24)23-17(2)31-34(18(23)3)19-4-8-27-9-5-19/h6-7,10-11,14,16,19,27H,4-5,8-9,12-13,15H2,1-3H3,(H,28,29)/t16-/m1/s1. The van der Waals surface area contributed by atoms with Crippen LogP contribution in [0.2, 0.25) is 0 Å². The van der Waals surface area contributed by atoms with Crippen molar-refractivity contribution in [3.05, 3.63) is 52.5 Å². The second kappa shape index (κ2) is 9.18. The Labute approximate surface area is 209 Å². The Morgan fingerprint density at radius 3 is 2.81 bits per heavy atom. The number of fused-ring (bicyclic) bond motifs is 1. The summed E-state index contributed by atoms with van der Waals surface area (Å²) in [5.41, 5.74) is 4.99. The zero-order chi connectivity index (χ0) is 24.8. The highest BCUT2D eigenvalue weighted by Crippen LogP contribution is 2.30. The monoisotopic (exact) mass is 488 g/mol. The predicted octanol–water partition coefficient (Wildman–Crippen LogP) is 2.74. The first-order chi connectivity index (χ1) is 17.5. The molecule has 0 aromatic carbocycles. The molecule has 0 bridgehead atoms. The number of pyridine rings is 1. The van der Waals surface area contributed by atoms with Crippen LogP contribution >= 0.6 is 0 Å². The molecule has 10 heteroatoms. The van der Waals surface area contributed by atoms with Gasteiger partial charge in [0.2, 0.25) is 0 Å². The second-order valence-corrected chi connectivity index (χ2v) is 9.79. The van der Waals surface area contributed by atoms with Gasteiger partial charge in [0.15, 0.2) is 5.82 Å². The predicted molar refractivity (Wildman–Crippen MR) is 139 cm³/mol. The van der Waals surface area contributed by atoms with Crippen LogP contribution in [-0.2, 0) is 4.74 Å². The molecule has 2 aliphatic rings. The van der Waals surface area contributed by atoms with Crippen LogP contribution in [0.25, 0.3) is 28.0 Å². The summed E-state index contributed by atoms with van der Waals surface area (Å²) in [5.74, 6) is 0.442. The SMILES string of the molecule is Cc1nn(C2CCNCC2)c(C)c1-n1cc(-c2ccnc3[nH]ccc23)nc(N2CCOC[C@H]2C)c1=O. The van der Waals surface area contributed by atoms with Gasteiger partial charge in [-0.1, -0.05) is 0 Å². The Morgan fingerprint density at radius 2 is 2.00 bits per heavy atom. The van der Waals surface area contributed by atoms with Crippen molar-refractivity contribution in [1.29, 1.82) is 0 Å². The molecule has 2 aliphatic heterocycles. The molecule has 0 amide bonds. The minimum atomic E-state index is -0.136. The number of hydrogen-bond acceptors (Lipinski definition) is 7. The van der Waals surface area contributed by atoms with Gasteiger partial charge >= 0.3 is 0 Å². The maximum Gasteiger partial charge on any atom is 0.298 e. The van der Waals surface area contributed by atoms with Crippen molar-refractivity contribution >= 4 is 16.9 Å². The van der Waals surface area contributed by atoms with Crippen LogP contribution in [0.4, 0.5) is 5.82 Å². The lowest BCUT2D eigenvalue weighted by Crippen LogP contribution is -2.47. The van der Waals surface area contributed by atoms with E-state index in [0.717, 1.165) is 65.3 Å². The van der Waals surface area contributed by atoms with Crippen molar-refractivity contribution < 1.29 is 4.74 Å². The number of piperidine rings is 1. The molecule has 0 aliphatic carbocycles. The number of morpholine rings is 1. The molecule has 0 unspecified atom stereocenters. The first kappa shape index (κ1) is 22.9. The van der Waals surface area contributed by atoms with E-state index in [1.54, 1.807) is 10.8 Å². The molecule has 2 fully saturated rings. The van der Waals surface area contributed by atoms with Crippen LogP contribution in [0.3, 0.4) is 0 Å². The summed E-state index contributed by atoms with van der Waals surface area (Å²) in [5, 5.41) is 9.30. The Kier molecular flexibility index (Phi) is 5.85. The molecule has 4 aromatic heterocycles. The summed E-state index contributed by atoms with van der Waals surface area (Å²) in [4.78, 5) is 28.7. The molecule has 10 nitrogen and oxygen atoms in total. The van der Waals surface area contributed by atoms with E-state index < -0.39 is 0 Å². The van der Waals surface area contributed by atoms with Gasteiger partial charge in [0, 0.05) is 36.1 Å². The van der Waals surface area contributed by atoms with Crippen molar-refractivity contribution in [2.24, 2.45) is 0 Å². The normalized spacial score (nSPS) is 19.3. The van der Waals surface area contributed by atoms with Crippen molar-refractivity contribution in [3.8, 4) is 16.9 Å². The van der Waals surface area contributed by atoms with E-state index in [4.69, 9.17) is 14.8 Å². The third-order valence-electron chi connectivity index (χ3n) is 7.45. The summed E-state index contributed by atoms with van der Waals surface area (Å²) >= 11 is 0. The van der Waals surface area contributed by atoms with E-state index in [0.29, 0.717) is 31.6 Å². The first-order valence-corrected chi connectivity index (χ1v) is 12.7. The van der Waals surface area contributed by atoms with Crippen LogP contribution in [-0.4, -0.2) is 68.2 Å². The Bertz CT molecular complexity index is 1460. The average Bonchev–Trinajstić information content (AvgIpc) is 3.49. The van der Waals surface area contributed by atoms with Gasteiger partial charge < -0.3 is 19.9 Å². The number of ether oxygens (including phenoxy) is 1. The zero-order valence-electron chi connectivity index (χ0n) is 21.0. The summed E-state index contributed by atoms with van der Waals surface area (Å²) in [7, 11) is 0. The first-order valence-electron chi connectivity index (χ1n) is 12.7. The molecule has 1 atom stereocenters. The summed E-state index contributed by atoms with van der Waals surface area (Å²) in [6.45, 7) is 9.83. The fraction of sp³-hybridized carbons (Fsp3) is 0.462. The van der Waals surface area contributed by atoms with Gasteiger partial charge in [-0.25, -0.2) is 9.97 Å². The molecule has 6 heterocycles. The number of nitrogens with one attached hydrogen (secondary N) is 2. The molecule has 4 aromatic rings. The van der Waals surface area contributed by atoms with Gasteiger partial charge in [0.1, 0.15) is 5.65 Å². The highest BCUT2D eigenvalue weighted by molar-refractivity contribution is 5.91. The van der Waals surface area contributed by atoms with Gasteiger partial charge in [-0.05, 0) is 58.8 Å². The quantitative estimate of drug-likeness (QED) is 0.455. The van der Waals surface area contributed by atoms with Crippen LogP contribution in [0, 0.1) is 13.8 Å². The van der Waals surface area contributed by atoms with Crippen LogP contribution in [0.5, 0.6) is 0 Å². The highest BCUT2D eigenvalue weighted by Gasteiger charge is 2.28. The number of hydrogen-bond donors (Lipinski definition) is 2. The molecular weight excluding hydrogens is 456 g/mol. The molecule has 188 valence electrons. The van der Waals surface area contributed by atoms with E-state index in [9.17, 15) is 4.79 Å². The Hall–Kier alpha value is -3.50. The van der Waals surface area contributed by atoms with E-state index in [1.807, 2.05) is 31.5 Å². The zero-order valence-corrected chi connectivity index (χ0v) is 21.0. The van der Waals surface area contributed by atoms with Gasteiger partial charge in [-0.3, -0.25) is 14.0 Å².